The van der Waals surface area contributed by atoms with E-state index < -0.39 is 5.91 Å². The van der Waals surface area contributed by atoms with Crippen molar-refractivity contribution in [3.63, 3.8) is 0 Å². The number of pyridine rings is 1. The third-order valence-corrected chi connectivity index (χ3v) is 6.71. The van der Waals surface area contributed by atoms with Crippen molar-refractivity contribution in [1.29, 1.82) is 10.5 Å². The lowest BCUT2D eigenvalue weighted by Crippen LogP contribution is -2.38. The highest BCUT2D eigenvalue weighted by Crippen LogP contribution is 2.34. The highest BCUT2D eigenvalue weighted by Gasteiger charge is 2.29. The molecule has 11 heteroatoms. The molecule has 1 aliphatic heterocycles. The zero-order valence-corrected chi connectivity index (χ0v) is 21.5. The van der Waals surface area contributed by atoms with Gasteiger partial charge in [0, 0.05) is 37.0 Å². The van der Waals surface area contributed by atoms with Gasteiger partial charge in [0.25, 0.3) is 11.8 Å². The number of hydrogen-bond donors (Lipinski definition) is 2. The summed E-state index contributed by atoms with van der Waals surface area (Å²) in [5, 5.41) is 21.6. The second kappa shape index (κ2) is 10.9. The highest BCUT2D eigenvalue weighted by molar-refractivity contribution is 6.05. The van der Waals surface area contributed by atoms with Crippen LogP contribution in [0.25, 0.3) is 16.9 Å². The van der Waals surface area contributed by atoms with Crippen LogP contribution < -0.4 is 11.1 Å². The number of carbonyl (C=O) groups is 2. The lowest BCUT2D eigenvalue weighted by Gasteiger charge is -2.30. The van der Waals surface area contributed by atoms with Crippen LogP contribution in [0.5, 0.6) is 0 Å². The van der Waals surface area contributed by atoms with Gasteiger partial charge in [0.2, 0.25) is 5.95 Å². The average Bonchev–Trinajstić information content (AvgIpc) is 3.38. The summed E-state index contributed by atoms with van der Waals surface area (Å²) in [5.74, 6) is 5.38. The van der Waals surface area contributed by atoms with E-state index in [1.54, 1.807) is 34.6 Å². The van der Waals surface area contributed by atoms with Crippen LogP contribution in [-0.2, 0) is 4.79 Å². The number of imidazole rings is 1. The van der Waals surface area contributed by atoms with Gasteiger partial charge in [-0.1, -0.05) is 12.0 Å². The summed E-state index contributed by atoms with van der Waals surface area (Å²) in [7, 11) is 0. The number of nitriles is 2. The van der Waals surface area contributed by atoms with Crippen molar-refractivity contribution in [2.45, 2.75) is 25.7 Å². The first kappa shape index (κ1) is 25.9. The molecule has 0 radical (unpaired) electrons. The molecule has 1 aromatic carbocycles. The Kier molecular flexibility index (Phi) is 7.08. The fourth-order valence-electron chi connectivity index (χ4n) is 4.87. The molecule has 0 aliphatic carbocycles. The zero-order valence-electron chi connectivity index (χ0n) is 21.5. The Morgan fingerprint density at radius 1 is 1.10 bits per heavy atom. The molecule has 3 N–H and O–H groups in total. The summed E-state index contributed by atoms with van der Waals surface area (Å²) in [6.45, 7) is 2.75. The number of nitrogens with two attached hydrogens (primary N) is 1. The monoisotopic (exact) mass is 529 g/mol. The van der Waals surface area contributed by atoms with Crippen molar-refractivity contribution in [2.24, 2.45) is 0 Å². The first-order valence-electron chi connectivity index (χ1n) is 12.5. The van der Waals surface area contributed by atoms with Crippen LogP contribution >= 0.6 is 0 Å². The number of amides is 2. The number of nitrogens with zero attached hydrogens (tertiary/aromatic N) is 7. The number of benzene rings is 1. The van der Waals surface area contributed by atoms with E-state index in [1.165, 1.54) is 24.4 Å². The average molecular weight is 530 g/mol. The smallest absolute Gasteiger partial charge is 0.298 e. The maximum absolute atomic E-state index is 13.0. The van der Waals surface area contributed by atoms with Crippen LogP contribution in [0.1, 0.15) is 52.9 Å². The number of aromatic nitrogens is 4. The molecule has 1 fully saturated rings. The van der Waals surface area contributed by atoms with Crippen molar-refractivity contribution in [2.75, 3.05) is 24.1 Å². The van der Waals surface area contributed by atoms with Crippen LogP contribution in [0, 0.1) is 34.5 Å². The molecule has 4 heterocycles. The fourth-order valence-corrected chi connectivity index (χ4v) is 4.87. The number of anilines is 2. The molecule has 40 heavy (non-hydrogen) atoms. The van der Waals surface area contributed by atoms with Crippen molar-refractivity contribution in [1.82, 2.24) is 24.3 Å². The molecule has 0 saturated carbocycles. The summed E-state index contributed by atoms with van der Waals surface area (Å²) >= 11 is 0. The van der Waals surface area contributed by atoms with E-state index in [2.05, 4.69) is 33.2 Å². The maximum atomic E-state index is 13.0. The molecular formula is C29H23N9O2. The standard InChI is InChI=1S/C29H23N9O2/c1-2-4-25(39)37-12-3-5-20(17-37)26-23-9-11-34-29(32)38(23)27(36-26)19-6-7-22(21(14-19)16-31)28(40)35-24-13-18(15-30)8-10-33-24/h6-11,13-14,20H,3,5,12,17H2,1H3,(H2,32,34)(H,33,35,40). The van der Waals surface area contributed by atoms with E-state index in [0.29, 0.717) is 30.0 Å². The lowest BCUT2D eigenvalue weighted by molar-refractivity contribution is -0.126. The Bertz CT molecular complexity index is 1800. The van der Waals surface area contributed by atoms with E-state index in [1.807, 2.05) is 12.1 Å². The van der Waals surface area contributed by atoms with Gasteiger partial charge < -0.3 is 16.0 Å². The molecule has 1 saturated heterocycles. The normalized spacial score (nSPS) is 14.5. The molecule has 3 aromatic heterocycles. The van der Waals surface area contributed by atoms with Gasteiger partial charge in [0.1, 0.15) is 11.6 Å². The number of fused-ring (bicyclic) bond motifs is 1. The Balaban J connectivity index is 1.52. The second-order valence-corrected chi connectivity index (χ2v) is 9.18. The molecule has 1 unspecified atom stereocenters. The lowest BCUT2D eigenvalue weighted by atomic mass is 9.94. The SMILES string of the molecule is CC#CC(=O)N1CCCC(c2nc(-c3ccc(C(=O)Nc4cc(C#N)ccn4)c(C#N)c3)n3c(N)nccc23)C1. The second-order valence-electron chi connectivity index (χ2n) is 9.18. The van der Waals surface area contributed by atoms with Gasteiger partial charge in [0.15, 0.2) is 0 Å². The van der Waals surface area contributed by atoms with Crippen molar-refractivity contribution in [3.8, 4) is 35.4 Å². The predicted molar refractivity (Wildman–Crippen MR) is 146 cm³/mol. The Hall–Kier alpha value is -5.73. The summed E-state index contributed by atoms with van der Waals surface area (Å²) in [4.78, 5) is 40.4. The molecule has 11 nitrogen and oxygen atoms in total. The minimum absolute atomic E-state index is 0.0425. The Morgan fingerprint density at radius 2 is 1.93 bits per heavy atom. The number of likely N-dealkylation sites (tertiary alicyclic amines) is 1. The van der Waals surface area contributed by atoms with Gasteiger partial charge >= 0.3 is 0 Å². The number of piperidine rings is 1. The van der Waals surface area contributed by atoms with E-state index in [-0.39, 0.29) is 34.7 Å². The predicted octanol–water partition coefficient (Wildman–Crippen LogP) is 3.10. The quantitative estimate of drug-likeness (QED) is 0.380. The number of nitrogen functional groups attached to an aromatic ring is 1. The van der Waals surface area contributed by atoms with Gasteiger partial charge in [-0.25, -0.2) is 15.0 Å². The first-order chi connectivity index (χ1) is 19.4. The van der Waals surface area contributed by atoms with Gasteiger partial charge in [-0.2, -0.15) is 10.5 Å². The van der Waals surface area contributed by atoms with Crippen LogP contribution in [0.3, 0.4) is 0 Å². The third kappa shape index (κ3) is 4.90. The van der Waals surface area contributed by atoms with Crippen molar-refractivity contribution >= 4 is 29.1 Å². The topological polar surface area (TPSA) is 166 Å². The van der Waals surface area contributed by atoms with Crippen LogP contribution in [0.2, 0.25) is 0 Å². The summed E-state index contributed by atoms with van der Waals surface area (Å²) in [5.41, 5.74) is 8.99. The fraction of sp³-hybridized carbons (Fsp3) is 0.207. The molecule has 0 bridgehead atoms. The molecule has 4 aromatic rings. The van der Waals surface area contributed by atoms with E-state index in [4.69, 9.17) is 16.0 Å². The van der Waals surface area contributed by atoms with Gasteiger partial charge in [-0.15, -0.1) is 0 Å². The third-order valence-electron chi connectivity index (χ3n) is 6.71. The largest absolute Gasteiger partial charge is 0.369 e. The number of carbonyl (C=O) groups excluding carboxylic acids is 2. The Labute approximate surface area is 229 Å². The molecular weight excluding hydrogens is 506 g/mol. The van der Waals surface area contributed by atoms with Crippen molar-refractivity contribution < 1.29 is 9.59 Å². The molecule has 5 rings (SSSR count). The molecule has 196 valence electrons. The van der Waals surface area contributed by atoms with Crippen LogP contribution in [0.4, 0.5) is 11.8 Å². The molecule has 0 spiro atoms. The summed E-state index contributed by atoms with van der Waals surface area (Å²) < 4.78 is 1.72. The first-order valence-corrected chi connectivity index (χ1v) is 12.5. The highest BCUT2D eigenvalue weighted by atomic mass is 16.2. The molecule has 2 amide bonds. The number of nitrogens with one attached hydrogen (secondary N) is 1. The summed E-state index contributed by atoms with van der Waals surface area (Å²) in [6.07, 6.45) is 4.67. The minimum Gasteiger partial charge on any atom is -0.369 e. The molecule has 1 atom stereocenters. The maximum Gasteiger partial charge on any atom is 0.298 e. The number of rotatable bonds is 4. The van der Waals surface area contributed by atoms with Gasteiger partial charge in [0.05, 0.1) is 40.0 Å². The zero-order chi connectivity index (χ0) is 28.2. The van der Waals surface area contributed by atoms with E-state index in [0.717, 1.165) is 24.1 Å². The van der Waals surface area contributed by atoms with E-state index >= 15 is 0 Å². The van der Waals surface area contributed by atoms with Crippen LogP contribution in [0.15, 0.2) is 48.8 Å². The minimum atomic E-state index is -0.539. The molecule has 1 aliphatic rings. The van der Waals surface area contributed by atoms with Crippen molar-refractivity contribution in [3.05, 3.63) is 71.2 Å². The van der Waals surface area contributed by atoms with E-state index in [9.17, 15) is 14.9 Å². The van der Waals surface area contributed by atoms with Gasteiger partial charge in [-0.05, 0) is 56.0 Å². The van der Waals surface area contributed by atoms with Gasteiger partial charge in [-0.3, -0.25) is 14.0 Å². The number of hydrogen-bond acceptors (Lipinski definition) is 8. The van der Waals surface area contributed by atoms with Crippen LogP contribution in [-0.4, -0.2) is 49.2 Å². The Morgan fingerprint density at radius 3 is 2.70 bits per heavy atom. The summed E-state index contributed by atoms with van der Waals surface area (Å²) in [6, 6.07) is 13.7.